The summed E-state index contributed by atoms with van der Waals surface area (Å²) in [5.74, 6) is -8.38. The van der Waals surface area contributed by atoms with Crippen LogP contribution in [0.25, 0.3) is 0 Å². The summed E-state index contributed by atoms with van der Waals surface area (Å²) in [6.45, 7) is 26.2. The molecular formula is C101H160N16O18+2. The molecule has 0 saturated carbocycles. The van der Waals surface area contributed by atoms with Crippen molar-refractivity contribution < 1.29 is 95.2 Å². The first kappa shape index (κ1) is 113. The number of ketones is 3. The van der Waals surface area contributed by atoms with Crippen LogP contribution < -0.4 is 58.9 Å². The highest BCUT2D eigenvalue weighted by Gasteiger charge is 2.46. The first-order chi connectivity index (χ1) is 63.9. The van der Waals surface area contributed by atoms with E-state index in [1.807, 2.05) is 119 Å². The quantitative estimate of drug-likeness (QED) is 0.0111. The van der Waals surface area contributed by atoms with Crippen LogP contribution in [0, 0.1) is 65.1 Å². The van der Waals surface area contributed by atoms with Gasteiger partial charge in [0.25, 0.3) is 0 Å². The molecule has 34 heteroatoms. The van der Waals surface area contributed by atoms with Crippen LogP contribution in [0.3, 0.4) is 0 Å². The maximum absolute atomic E-state index is 14.7. The van der Waals surface area contributed by atoms with Gasteiger partial charge in [0.05, 0.1) is 109 Å². The van der Waals surface area contributed by atoms with Gasteiger partial charge in [0.2, 0.25) is 59.6 Å². The van der Waals surface area contributed by atoms with Crippen LogP contribution >= 0.6 is 0 Å². The molecule has 13 atom stereocenters. The molecule has 3 aliphatic rings. The van der Waals surface area contributed by atoms with Gasteiger partial charge in [-0.25, -0.2) is 14.4 Å². The molecule has 3 heterocycles. The van der Waals surface area contributed by atoms with Gasteiger partial charge in [0.15, 0.2) is 11.6 Å². The van der Waals surface area contributed by atoms with E-state index in [0.29, 0.717) is 108 Å². The lowest BCUT2D eigenvalue weighted by molar-refractivity contribution is -0.841. The molecule has 135 heavy (non-hydrogen) atoms. The number of carbonyl (C=O) groups excluding carboxylic acids is 16. The molecule has 0 aliphatic carbocycles. The van der Waals surface area contributed by atoms with Crippen molar-refractivity contribution in [2.24, 2.45) is 70.8 Å². The molecule has 14 amide bonds. The maximum atomic E-state index is 14.7. The topological polar surface area (TPSA) is 448 Å². The summed E-state index contributed by atoms with van der Waals surface area (Å²) >= 11 is 0. The number of nitrogens with two attached hydrogens (primary N) is 1. The van der Waals surface area contributed by atoms with E-state index in [2.05, 4.69) is 53.2 Å². The Labute approximate surface area is 800 Å². The second-order valence-electron chi connectivity index (χ2n) is 39.6. The summed E-state index contributed by atoms with van der Waals surface area (Å²) in [4.78, 5) is 223. The standard InChI is InChI=1S/C101H158N16O18/c1-20-67(11)93(114(15)100(132)91(65(7)8)112-99(131)92(66(9)10)113(13)14)83(134-18)57-86(124)115-48-26-30-79(115)94(135-19)68(12)80(119)56-76(53-69-27-23-22-24-28-69)96(128)106-60-71-33-37-78(38-34-71)109-98(130)75(29-25-47-105-101(102)133)55-82(121)90(64(5)6)111-85(123)40-42-88(126)117(17)51-45-74(46-52-117)95(127)107-61-103-58-72-43-49-116(16,50-44-72)87(125)41-39-84(122)110-89(63(3)4)81(120)54-73(21-2)97(129)108-77-35-31-70(32-36-77)59-104-62-118/h22-24,27-28,31-38,62-68,72-76,79,83,89-94,103H,20-21,25-26,29-30,39-61H2,1-19H3,(H9-2,102,104,105,106,107,108,109,110,111,112,118,122,123,127,128,129,130,131,133)/p+2/t67-,68-,72?,73+,74?,75+,76+,79-,83+,89-,90-,91-,92-,93-,94+,116?,117?/m0/s1. The first-order valence-electron chi connectivity index (χ1n) is 48.7. The summed E-state index contributed by atoms with van der Waals surface area (Å²) in [6, 6.07) is 18.2. The van der Waals surface area contributed by atoms with Gasteiger partial charge in [-0.1, -0.05) is 144 Å². The molecule has 3 aromatic carbocycles. The third-order valence-corrected chi connectivity index (χ3v) is 27.8. The largest absolute Gasteiger partial charge is 0.379 e. The van der Waals surface area contributed by atoms with Gasteiger partial charge in [-0.15, -0.1) is 0 Å². The number of anilines is 2. The third-order valence-electron chi connectivity index (χ3n) is 27.8. The Bertz CT molecular complexity index is 4390. The number of likely N-dealkylation sites (N-methyl/N-ethyl adjacent to an activating group) is 2. The number of methoxy groups -OCH3 is 2. The lowest BCUT2D eigenvalue weighted by atomic mass is 9.85. The normalized spacial score (nSPS) is 20.0. The Morgan fingerprint density at radius 1 is 0.541 bits per heavy atom. The number of hydrogen-bond acceptors (Lipinski definition) is 20. The van der Waals surface area contributed by atoms with Crippen LogP contribution in [0.5, 0.6) is 0 Å². The second-order valence-corrected chi connectivity index (χ2v) is 39.6. The molecule has 34 nitrogen and oxygen atoms in total. The Morgan fingerprint density at radius 2 is 1.06 bits per heavy atom. The minimum absolute atomic E-state index is 0.000328. The maximum Gasteiger partial charge on any atom is 0.314 e. The zero-order chi connectivity index (χ0) is 100. The Balaban J connectivity index is 0.947. The number of nitrogens with one attached hydrogen (secondary N) is 10. The predicted molar refractivity (Wildman–Crippen MR) is 517 cm³/mol. The molecular weight excluding hydrogens is 1730 g/mol. The van der Waals surface area contributed by atoms with E-state index in [9.17, 15) is 76.7 Å². The van der Waals surface area contributed by atoms with Gasteiger partial charge < -0.3 is 72.9 Å². The smallest absolute Gasteiger partial charge is 0.314 e. The summed E-state index contributed by atoms with van der Waals surface area (Å²) in [5, 5.41) is 29.0. The number of Topliss-reactive ketones (excluding diaryl/α,β-unsaturated/α-hetero) is 3. The molecule has 3 aromatic rings. The lowest BCUT2D eigenvalue weighted by Crippen LogP contribution is -2.59. The van der Waals surface area contributed by atoms with E-state index < -0.39 is 108 Å². The third kappa shape index (κ3) is 35.1. The number of primary amides is 1. The minimum atomic E-state index is -1.01. The van der Waals surface area contributed by atoms with Gasteiger partial charge in [-0.3, -0.25) is 81.5 Å². The molecule has 0 bridgehead atoms. The fourth-order valence-corrected chi connectivity index (χ4v) is 19.0. The summed E-state index contributed by atoms with van der Waals surface area (Å²) in [6.07, 6.45) is 3.56. The number of hydrogen-bond donors (Lipinski definition) is 11. The minimum Gasteiger partial charge on any atom is -0.379 e. The van der Waals surface area contributed by atoms with Crippen molar-refractivity contribution in [3.8, 4) is 0 Å². The monoisotopic (exact) mass is 1890 g/mol. The fraction of sp³-hybridized carbons (Fsp3) is 0.663. The summed E-state index contributed by atoms with van der Waals surface area (Å²) in [5.41, 5.74) is 8.67. The van der Waals surface area contributed by atoms with Gasteiger partial charge in [-0.2, -0.15) is 0 Å². The number of benzene rings is 3. The lowest BCUT2D eigenvalue weighted by Gasteiger charge is -2.41. The zero-order valence-electron chi connectivity index (χ0n) is 83.7. The van der Waals surface area contributed by atoms with Crippen molar-refractivity contribution in [1.82, 2.24) is 57.2 Å². The van der Waals surface area contributed by atoms with E-state index in [-0.39, 0.29) is 194 Å². The highest BCUT2D eigenvalue weighted by Crippen LogP contribution is 2.34. The summed E-state index contributed by atoms with van der Waals surface area (Å²) in [7, 11) is 12.1. The van der Waals surface area contributed by atoms with E-state index in [1.54, 1.807) is 93.2 Å². The molecule has 3 saturated heterocycles. The number of piperidine rings is 2. The van der Waals surface area contributed by atoms with Gasteiger partial charge in [0.1, 0.15) is 11.8 Å². The van der Waals surface area contributed by atoms with Crippen molar-refractivity contribution in [3.63, 3.8) is 0 Å². The first-order valence-corrected chi connectivity index (χ1v) is 48.7. The predicted octanol–water partition coefficient (Wildman–Crippen LogP) is 7.87. The molecule has 3 fully saturated rings. The van der Waals surface area contributed by atoms with Crippen LogP contribution in [0.2, 0.25) is 0 Å². The molecule has 3 aliphatic heterocycles. The number of quaternary nitrogens is 2. The van der Waals surface area contributed by atoms with Crippen LogP contribution in [-0.4, -0.2) is 269 Å². The van der Waals surface area contributed by atoms with Crippen LogP contribution in [0.15, 0.2) is 78.9 Å². The highest BCUT2D eigenvalue weighted by atomic mass is 16.5. The van der Waals surface area contributed by atoms with Crippen LogP contribution in [-0.2, 0) is 101 Å². The Kier molecular flexibility index (Phi) is 46.9. The average Bonchev–Trinajstić information content (AvgIpc) is 1.77. The van der Waals surface area contributed by atoms with Crippen molar-refractivity contribution >= 4 is 106 Å². The zero-order valence-corrected chi connectivity index (χ0v) is 83.7. The Morgan fingerprint density at radius 3 is 1.55 bits per heavy atom. The average molecular weight is 1890 g/mol. The number of nitrogens with zero attached hydrogens (tertiary/aromatic N) is 5. The number of urea groups is 1. The van der Waals surface area contributed by atoms with Crippen LogP contribution in [0.1, 0.15) is 215 Å². The molecule has 0 unspecified atom stereocenters. The number of carbonyl (C=O) groups is 16. The van der Waals surface area contributed by atoms with Gasteiger partial charge in [-0.05, 0) is 129 Å². The van der Waals surface area contributed by atoms with Crippen molar-refractivity contribution in [3.05, 3.63) is 95.6 Å². The SMILES string of the molecule is CC[C@H](CC(=O)[C@@H](NC(=O)CCC(=O)[N+]1(C)CCC(CNCNC(=O)C2CC[N+](C)(C(=O)CCC(=O)N[C@H](C(=O)C[C@@H](CCCNC(N)=O)C(=O)Nc3ccc(CNC(=O)[C@@H](CC(=O)[C@H](C)[C@@H](OC)[C@@H]4CCCN4C(=O)C[C@@H](OC)[C@H]([C@@H](C)CC)N(C)C(=O)[C@@H](NC(=O)[C@H](C(C)C)N(C)C)C(C)C)Cc4ccccc4)cc3)C(C)C)CC2)CC1)C(C)C)C(=O)Nc1ccc(CNC=O)cc1. The van der Waals surface area contributed by atoms with E-state index >= 15 is 0 Å². The second kappa shape index (κ2) is 55.8. The van der Waals surface area contributed by atoms with E-state index in [4.69, 9.17) is 15.2 Å². The number of rotatable bonds is 57. The van der Waals surface area contributed by atoms with Crippen molar-refractivity contribution in [1.29, 1.82) is 0 Å². The molecule has 0 spiro atoms. The van der Waals surface area contributed by atoms with E-state index in [1.165, 1.54) is 14.2 Å². The Hall–Kier alpha value is -10.3. The number of amides is 14. The highest BCUT2D eigenvalue weighted by molar-refractivity contribution is 5.99. The molecule has 6 rings (SSSR count). The molecule has 0 radical (unpaired) electrons. The van der Waals surface area contributed by atoms with Crippen LogP contribution in [0.4, 0.5) is 16.2 Å². The van der Waals surface area contributed by atoms with Crippen molar-refractivity contribution in [2.45, 2.75) is 267 Å². The van der Waals surface area contributed by atoms with Gasteiger partial charge in [0, 0.05) is 153 Å². The molecule has 12 N–H and O–H groups in total. The number of likely N-dealkylation sites (tertiary alicyclic amines) is 3. The molecule has 0 aromatic heterocycles. The summed E-state index contributed by atoms with van der Waals surface area (Å²) < 4.78 is 12.5. The fourth-order valence-electron chi connectivity index (χ4n) is 19.0. The molecule has 750 valence electrons. The number of ether oxygens (including phenoxy) is 2. The van der Waals surface area contributed by atoms with Crippen molar-refractivity contribution in [2.75, 3.05) is 113 Å². The van der Waals surface area contributed by atoms with E-state index in [0.717, 1.165) is 24.0 Å². The van der Waals surface area contributed by atoms with Gasteiger partial charge >= 0.3 is 17.8 Å².